The Kier molecular flexibility index (Phi) is 5.59. The van der Waals surface area contributed by atoms with Crippen molar-refractivity contribution in [3.05, 3.63) is 41.7 Å². The lowest BCUT2D eigenvalue weighted by Gasteiger charge is -2.32. The highest BCUT2D eigenvalue weighted by Gasteiger charge is 2.33. The Labute approximate surface area is 163 Å². The third kappa shape index (κ3) is 5.07. The summed E-state index contributed by atoms with van der Waals surface area (Å²) in [5, 5.41) is 0.940. The van der Waals surface area contributed by atoms with E-state index in [-0.39, 0.29) is 23.1 Å². The summed E-state index contributed by atoms with van der Waals surface area (Å²) in [5.74, 6) is -2.71. The summed E-state index contributed by atoms with van der Waals surface area (Å²) < 4.78 is 80.3. The van der Waals surface area contributed by atoms with Crippen LogP contribution in [0.15, 0.2) is 30.2 Å². The lowest BCUT2D eigenvalue weighted by molar-refractivity contribution is -0.275. The van der Waals surface area contributed by atoms with Gasteiger partial charge >= 0.3 is 6.36 Å². The predicted octanol–water partition coefficient (Wildman–Crippen LogP) is 2.87. The largest absolute Gasteiger partial charge is 0.573 e. The first kappa shape index (κ1) is 21.1. The number of sulfonamides is 1. The fourth-order valence-corrected chi connectivity index (χ4v) is 3.91. The van der Waals surface area contributed by atoms with E-state index in [0.717, 1.165) is 17.5 Å². The van der Waals surface area contributed by atoms with Crippen LogP contribution in [0, 0.1) is 5.82 Å². The van der Waals surface area contributed by atoms with Gasteiger partial charge in [0.1, 0.15) is 5.69 Å². The van der Waals surface area contributed by atoms with Crippen LogP contribution in [-0.4, -0.2) is 49.7 Å². The van der Waals surface area contributed by atoms with E-state index in [1.807, 2.05) is 0 Å². The summed E-state index contributed by atoms with van der Waals surface area (Å²) in [6, 6.07) is 2.45. The number of halogens is 4. The minimum atomic E-state index is -5.05. The highest BCUT2D eigenvalue weighted by atomic mass is 32.2. The second-order valence-electron chi connectivity index (χ2n) is 6.52. The number of carbonyl (C=O) groups is 1. The van der Waals surface area contributed by atoms with Gasteiger partial charge in [0.05, 0.1) is 0 Å². The number of likely N-dealkylation sites (tertiary alicyclic amines) is 1. The van der Waals surface area contributed by atoms with Gasteiger partial charge in [0, 0.05) is 41.5 Å². The van der Waals surface area contributed by atoms with Crippen LogP contribution in [0.1, 0.15) is 23.3 Å². The van der Waals surface area contributed by atoms with E-state index in [4.69, 9.17) is 0 Å². The predicted molar refractivity (Wildman–Crippen MR) is 96.1 cm³/mol. The van der Waals surface area contributed by atoms with Crippen LogP contribution in [0.2, 0.25) is 0 Å². The number of H-pyrrole nitrogens is 1. The van der Waals surface area contributed by atoms with E-state index >= 15 is 0 Å². The van der Waals surface area contributed by atoms with Gasteiger partial charge in [-0.2, -0.15) is 0 Å². The van der Waals surface area contributed by atoms with Crippen LogP contribution in [0.4, 0.5) is 17.6 Å². The van der Waals surface area contributed by atoms with Gasteiger partial charge in [-0.25, -0.2) is 17.5 Å². The molecule has 0 unspecified atom stereocenters. The third-order valence-corrected chi connectivity index (χ3v) is 5.49. The molecule has 1 aliphatic heterocycles. The molecule has 2 N–H and O–H groups in total. The number of carbonyl (C=O) groups excluding carboxylic acids is 1. The topological polar surface area (TPSA) is 91.5 Å². The minimum absolute atomic E-state index is 0.0378. The van der Waals surface area contributed by atoms with Gasteiger partial charge in [0.25, 0.3) is 5.91 Å². The number of aromatic nitrogens is 1. The number of alkyl halides is 3. The van der Waals surface area contributed by atoms with Crippen LogP contribution in [-0.2, 0) is 10.0 Å². The van der Waals surface area contributed by atoms with E-state index in [1.54, 1.807) is 0 Å². The Balaban J connectivity index is 1.81. The average molecular weight is 435 g/mol. The molecule has 7 nitrogen and oxygen atoms in total. The van der Waals surface area contributed by atoms with Crippen molar-refractivity contribution in [1.82, 2.24) is 14.6 Å². The molecule has 0 radical (unpaired) electrons. The molecule has 0 saturated carbocycles. The van der Waals surface area contributed by atoms with E-state index < -0.39 is 39.9 Å². The molecule has 0 aliphatic carbocycles. The number of benzene rings is 1. The number of rotatable bonds is 5. The summed E-state index contributed by atoms with van der Waals surface area (Å²) in [4.78, 5) is 16.8. The Morgan fingerprint density at radius 3 is 2.72 bits per heavy atom. The molecule has 29 heavy (non-hydrogen) atoms. The first-order chi connectivity index (χ1) is 13.5. The molecule has 1 amide bonds. The SMILES string of the molecule is C=CS(=O)(=O)N[C@@H]1CCCN(C(=O)c2cc3cc(OC(F)(F)F)c(F)cc3[nH]2)C1. The molecule has 1 aliphatic rings. The zero-order valence-corrected chi connectivity index (χ0v) is 15.7. The molecule has 2 aromatic rings. The maximum atomic E-state index is 13.8. The quantitative estimate of drug-likeness (QED) is 0.707. The second kappa shape index (κ2) is 7.67. The summed E-state index contributed by atoms with van der Waals surface area (Å²) in [6.07, 6.45) is -3.97. The van der Waals surface area contributed by atoms with Crippen LogP contribution < -0.4 is 9.46 Å². The molecule has 2 heterocycles. The highest BCUT2D eigenvalue weighted by molar-refractivity contribution is 7.92. The molecule has 1 atom stereocenters. The number of nitrogens with one attached hydrogen (secondary N) is 2. The number of hydrogen-bond donors (Lipinski definition) is 2. The van der Waals surface area contributed by atoms with Gasteiger partial charge in [-0.05, 0) is 25.0 Å². The fraction of sp³-hybridized carbons (Fsp3) is 0.353. The third-order valence-electron chi connectivity index (χ3n) is 4.39. The Bertz CT molecular complexity index is 1050. The first-order valence-corrected chi connectivity index (χ1v) is 10.0. The molecule has 12 heteroatoms. The summed E-state index contributed by atoms with van der Waals surface area (Å²) in [6.45, 7) is 3.69. The Hall–Kier alpha value is -2.60. The fourth-order valence-electron chi connectivity index (χ4n) is 3.16. The molecule has 1 aromatic heterocycles. The molecule has 1 fully saturated rings. The second-order valence-corrected chi connectivity index (χ2v) is 8.18. The number of hydrogen-bond acceptors (Lipinski definition) is 4. The minimum Gasteiger partial charge on any atom is -0.403 e. The Morgan fingerprint density at radius 1 is 1.34 bits per heavy atom. The summed E-state index contributed by atoms with van der Waals surface area (Å²) in [7, 11) is -3.66. The number of aromatic amines is 1. The van der Waals surface area contributed by atoms with Gasteiger partial charge in [0.15, 0.2) is 11.6 Å². The van der Waals surface area contributed by atoms with Crippen molar-refractivity contribution in [2.75, 3.05) is 13.1 Å². The van der Waals surface area contributed by atoms with Crippen molar-refractivity contribution in [2.24, 2.45) is 0 Å². The lowest BCUT2D eigenvalue weighted by Crippen LogP contribution is -2.49. The molecular weight excluding hydrogens is 418 g/mol. The first-order valence-electron chi connectivity index (χ1n) is 8.49. The number of fused-ring (bicyclic) bond motifs is 1. The van der Waals surface area contributed by atoms with Gasteiger partial charge in [-0.15, -0.1) is 13.2 Å². The Morgan fingerprint density at radius 2 is 2.07 bits per heavy atom. The van der Waals surface area contributed by atoms with Gasteiger partial charge < -0.3 is 14.6 Å². The number of amides is 1. The molecule has 1 aromatic carbocycles. The van der Waals surface area contributed by atoms with Gasteiger partial charge in [-0.1, -0.05) is 6.58 Å². The van der Waals surface area contributed by atoms with E-state index in [9.17, 15) is 30.8 Å². The number of ether oxygens (including phenoxy) is 1. The molecule has 0 bridgehead atoms. The molecule has 158 valence electrons. The monoisotopic (exact) mass is 435 g/mol. The summed E-state index contributed by atoms with van der Waals surface area (Å²) >= 11 is 0. The standard InChI is InChI=1S/C17H17F4N3O4S/c1-2-29(26,27)23-11-4-3-5-24(9-11)16(25)14-6-10-7-15(28-17(19,20)21)12(18)8-13(10)22-14/h2,6-8,11,22-23H,1,3-5,9H2/t11-/m1/s1. The zero-order valence-electron chi connectivity index (χ0n) is 14.9. The van der Waals surface area contributed by atoms with Crippen LogP contribution in [0.5, 0.6) is 5.75 Å². The lowest BCUT2D eigenvalue weighted by atomic mass is 10.1. The van der Waals surface area contributed by atoms with E-state index in [1.165, 1.54) is 11.0 Å². The summed E-state index contributed by atoms with van der Waals surface area (Å²) in [5.41, 5.74) is 0.164. The van der Waals surface area contributed by atoms with Crippen molar-refractivity contribution < 1.29 is 35.5 Å². The smallest absolute Gasteiger partial charge is 0.403 e. The van der Waals surface area contributed by atoms with Crippen molar-refractivity contribution in [1.29, 1.82) is 0 Å². The number of nitrogens with zero attached hydrogens (tertiary/aromatic N) is 1. The molecule has 3 rings (SSSR count). The van der Waals surface area contributed by atoms with Crippen molar-refractivity contribution >= 4 is 26.8 Å². The van der Waals surface area contributed by atoms with Crippen molar-refractivity contribution in [2.45, 2.75) is 25.2 Å². The maximum absolute atomic E-state index is 13.8. The van der Waals surface area contributed by atoms with Crippen LogP contribution in [0.3, 0.4) is 0 Å². The zero-order chi connectivity index (χ0) is 21.4. The van der Waals surface area contributed by atoms with Gasteiger partial charge in [0.2, 0.25) is 10.0 Å². The van der Waals surface area contributed by atoms with E-state index in [0.29, 0.717) is 19.4 Å². The van der Waals surface area contributed by atoms with E-state index in [2.05, 4.69) is 21.0 Å². The normalized spacial score (nSPS) is 18.1. The number of piperidine rings is 1. The molecular formula is C17H17F4N3O4S. The van der Waals surface area contributed by atoms with Crippen LogP contribution >= 0.6 is 0 Å². The van der Waals surface area contributed by atoms with Crippen molar-refractivity contribution in [3.63, 3.8) is 0 Å². The molecule has 1 saturated heterocycles. The average Bonchev–Trinajstić information content (AvgIpc) is 3.02. The van der Waals surface area contributed by atoms with Gasteiger partial charge in [-0.3, -0.25) is 4.79 Å². The van der Waals surface area contributed by atoms with Crippen molar-refractivity contribution in [3.8, 4) is 5.75 Å². The highest BCUT2D eigenvalue weighted by Crippen LogP contribution is 2.30. The van der Waals surface area contributed by atoms with Crippen LogP contribution in [0.25, 0.3) is 10.9 Å². The maximum Gasteiger partial charge on any atom is 0.573 e. The molecule has 0 spiro atoms.